The Morgan fingerprint density at radius 1 is 1.04 bits per heavy atom. The molecule has 0 bridgehead atoms. The van der Waals surface area contributed by atoms with Gasteiger partial charge in [0, 0.05) is 45.9 Å². The highest BCUT2D eigenvalue weighted by Gasteiger charge is 2.75. The average molecular weight is 756 g/mol. The zero-order valence-corrected chi connectivity index (χ0v) is 33.1. The van der Waals surface area contributed by atoms with Gasteiger partial charge in [-0.25, -0.2) is 9.71 Å². The van der Waals surface area contributed by atoms with Crippen LogP contribution in [0.1, 0.15) is 106 Å². The molecule has 2 aromatic heterocycles. The maximum absolute atomic E-state index is 15.0. The van der Waals surface area contributed by atoms with Crippen LogP contribution in [0.25, 0.3) is 22.2 Å². The van der Waals surface area contributed by atoms with E-state index in [1.54, 1.807) is 18.6 Å². The van der Waals surface area contributed by atoms with Crippen LogP contribution in [0.15, 0.2) is 46.1 Å². The second-order valence-corrected chi connectivity index (χ2v) is 20.2. The molecule has 4 aromatic rings. The van der Waals surface area contributed by atoms with Crippen LogP contribution in [-0.2, 0) is 33.2 Å². The topological polar surface area (TPSA) is 114 Å². The molecule has 4 atom stereocenters. The monoisotopic (exact) mass is 755 g/mol. The quantitative estimate of drug-likeness (QED) is 0.229. The van der Waals surface area contributed by atoms with Gasteiger partial charge in [0.2, 0.25) is 10.2 Å². The maximum atomic E-state index is 15.0. The fourth-order valence-corrected chi connectivity index (χ4v) is 12.6. The number of methoxy groups -OCH3 is 1. The second kappa shape index (κ2) is 11.9. The molecule has 2 saturated heterocycles. The first-order valence-corrected chi connectivity index (χ1v) is 21.4. The number of nitrogens with one attached hydrogen (secondary N) is 1. The van der Waals surface area contributed by atoms with E-state index in [2.05, 4.69) is 50.2 Å². The average Bonchev–Trinajstić information content (AvgIpc) is 3.71. The van der Waals surface area contributed by atoms with E-state index in [0.717, 1.165) is 89.9 Å². The number of sulfonamides is 1. The van der Waals surface area contributed by atoms with Gasteiger partial charge in [-0.2, -0.15) is 8.42 Å². The molecule has 3 aliphatic heterocycles. The van der Waals surface area contributed by atoms with E-state index < -0.39 is 21.3 Å². The highest BCUT2D eigenvalue weighted by atomic mass is 32.2. The zero-order chi connectivity index (χ0) is 37.2. The van der Waals surface area contributed by atoms with Crippen molar-refractivity contribution in [2.24, 2.45) is 5.41 Å². The van der Waals surface area contributed by atoms with Crippen molar-refractivity contribution in [1.82, 2.24) is 24.1 Å². The van der Waals surface area contributed by atoms with Gasteiger partial charge in [-0.1, -0.05) is 46.1 Å². The van der Waals surface area contributed by atoms with Crippen LogP contribution >= 0.6 is 11.3 Å². The van der Waals surface area contributed by atoms with Crippen LogP contribution in [0.4, 0.5) is 0 Å². The summed E-state index contributed by atoms with van der Waals surface area (Å²) in [6.07, 6.45) is 8.43. The number of nitrogens with zero attached hydrogens (tertiary/aromatic N) is 4. The van der Waals surface area contributed by atoms with Gasteiger partial charge in [0.1, 0.15) is 5.75 Å². The van der Waals surface area contributed by atoms with E-state index in [1.165, 1.54) is 12.0 Å². The minimum absolute atomic E-state index is 0.131. The van der Waals surface area contributed by atoms with E-state index in [9.17, 15) is 13.2 Å². The molecule has 2 saturated carbocycles. The van der Waals surface area contributed by atoms with Gasteiger partial charge in [-0.15, -0.1) is 11.3 Å². The Morgan fingerprint density at radius 2 is 1.81 bits per heavy atom. The molecule has 2 aliphatic carbocycles. The molecule has 2 amide bonds. The summed E-state index contributed by atoms with van der Waals surface area (Å²) in [6.45, 7) is 9.38. The molecule has 1 spiro atoms. The number of likely N-dealkylation sites (tertiary alicyclic amines) is 2. The van der Waals surface area contributed by atoms with Gasteiger partial charge in [-0.3, -0.25) is 14.5 Å². The first kappa shape index (κ1) is 35.0. The number of fused-ring (bicyclic) bond motifs is 5. The highest BCUT2D eigenvalue weighted by Crippen LogP contribution is 2.61. The molecule has 4 unspecified atom stereocenters. The fraction of sp³-hybridized carbons (Fsp3) is 0.537. The van der Waals surface area contributed by atoms with E-state index in [4.69, 9.17) is 4.74 Å². The lowest BCUT2D eigenvalue weighted by Gasteiger charge is -2.80. The van der Waals surface area contributed by atoms with Gasteiger partial charge >= 0.3 is 0 Å². The first-order valence-electron chi connectivity index (χ1n) is 19.1. The number of hydrogen-bond donors (Lipinski definition) is 1. The number of amides is 2. The number of piperidine rings is 1. The summed E-state index contributed by atoms with van der Waals surface area (Å²) in [5.74, 6) is 0.579. The van der Waals surface area contributed by atoms with Crippen LogP contribution in [0.2, 0.25) is 0 Å². The Morgan fingerprint density at radius 3 is 2.45 bits per heavy atom. The molecule has 280 valence electrons. The Hall–Kier alpha value is -3.74. The third-order valence-corrected chi connectivity index (χ3v) is 15.9. The molecule has 4 fully saturated rings. The number of ether oxygens (including phenoxy) is 1. The van der Waals surface area contributed by atoms with Gasteiger partial charge < -0.3 is 14.2 Å². The van der Waals surface area contributed by atoms with Crippen molar-refractivity contribution < 1.29 is 22.7 Å². The molecule has 1 N–H and O–H groups in total. The van der Waals surface area contributed by atoms with Gasteiger partial charge in [-0.05, 0) is 93.5 Å². The molecule has 10 nitrogen and oxygen atoms in total. The van der Waals surface area contributed by atoms with Gasteiger partial charge in [0.15, 0.2) is 0 Å². The third kappa shape index (κ3) is 5.10. The molecule has 12 heteroatoms. The highest BCUT2D eigenvalue weighted by molar-refractivity contribution is 7.92. The number of aromatic nitrogens is 2. The summed E-state index contributed by atoms with van der Waals surface area (Å²) in [4.78, 5) is 37.9. The van der Waals surface area contributed by atoms with Crippen LogP contribution in [0.5, 0.6) is 5.75 Å². The van der Waals surface area contributed by atoms with E-state index >= 15 is 4.79 Å². The summed E-state index contributed by atoms with van der Waals surface area (Å²) < 4.78 is 37.1. The molecular weight excluding hydrogens is 707 g/mol. The lowest BCUT2D eigenvalue weighted by Crippen LogP contribution is -2.96. The van der Waals surface area contributed by atoms with Crippen molar-refractivity contribution in [2.75, 3.05) is 20.7 Å². The zero-order valence-electron chi connectivity index (χ0n) is 31.5. The van der Waals surface area contributed by atoms with Crippen molar-refractivity contribution >= 4 is 44.1 Å². The normalized spacial score (nSPS) is 26.9. The van der Waals surface area contributed by atoms with Crippen LogP contribution in [0, 0.1) is 5.41 Å². The minimum Gasteiger partial charge on any atom is -0.497 e. The molecular formula is C41H49N5O5S2. The molecule has 5 heterocycles. The Bertz CT molecular complexity index is 2290. The predicted molar refractivity (Wildman–Crippen MR) is 206 cm³/mol. The number of thiazole rings is 1. The van der Waals surface area contributed by atoms with Crippen molar-refractivity contribution in [1.29, 1.82) is 0 Å². The molecule has 2 aromatic carbocycles. The summed E-state index contributed by atoms with van der Waals surface area (Å²) in [5.41, 5.74) is 5.37. The van der Waals surface area contributed by atoms with Crippen molar-refractivity contribution in [3.63, 3.8) is 0 Å². The summed E-state index contributed by atoms with van der Waals surface area (Å²) >= 11 is 1.01. The minimum atomic E-state index is -4.20. The molecule has 53 heavy (non-hydrogen) atoms. The number of carbonyl (C=O) groups is 2. The van der Waals surface area contributed by atoms with Crippen LogP contribution < -0.4 is 9.46 Å². The number of likely N-dealkylation sites (N-methyl/N-ethyl adjacent to an activating group) is 1. The van der Waals surface area contributed by atoms with Crippen LogP contribution in [-0.4, -0.2) is 77.9 Å². The summed E-state index contributed by atoms with van der Waals surface area (Å²) in [6, 6.07) is 12.3. The summed E-state index contributed by atoms with van der Waals surface area (Å²) in [5, 5.41) is 2.79. The number of benzene rings is 2. The molecule has 5 aliphatic rings. The first-order chi connectivity index (χ1) is 25.2. The fourth-order valence-electron chi connectivity index (χ4n) is 10.3. The van der Waals surface area contributed by atoms with Gasteiger partial charge in [0.05, 0.1) is 41.5 Å². The van der Waals surface area contributed by atoms with E-state index in [0.29, 0.717) is 24.6 Å². The largest absolute Gasteiger partial charge is 0.497 e. The van der Waals surface area contributed by atoms with Crippen molar-refractivity contribution in [3.8, 4) is 17.0 Å². The number of hydrogen-bond acceptors (Lipinski definition) is 8. The number of piperazine rings is 1. The Balaban J connectivity index is 1.17. The van der Waals surface area contributed by atoms with Crippen LogP contribution in [0.3, 0.4) is 0 Å². The maximum Gasteiger partial charge on any atom is 0.291 e. The lowest BCUT2D eigenvalue weighted by atomic mass is 9.52. The van der Waals surface area contributed by atoms with Crippen molar-refractivity contribution in [3.05, 3.63) is 64.2 Å². The number of rotatable bonds is 6. The lowest BCUT2D eigenvalue weighted by molar-refractivity contribution is -0.279. The Labute approximate surface area is 316 Å². The third-order valence-electron chi connectivity index (χ3n) is 13.3. The predicted octanol–water partition coefficient (Wildman–Crippen LogP) is 6.86. The molecule has 0 radical (unpaired) electrons. The smallest absolute Gasteiger partial charge is 0.291 e. The number of carbonyl (C=O) groups excluding carboxylic acids is 2. The Kier molecular flexibility index (Phi) is 7.84. The van der Waals surface area contributed by atoms with Crippen molar-refractivity contribution in [2.45, 2.75) is 119 Å². The molecule has 9 rings (SSSR count). The van der Waals surface area contributed by atoms with Gasteiger partial charge in [0.25, 0.3) is 15.9 Å². The SMILES string of the molecule is COc1ccc2c(c1)CC(C)(C(=O)N1C3CCC34C1CN4C)Cn1c-2c(C2CCCCC2)c2ccc(C(=O)NS(=O)(=O)c3nc(C(C)(C)C)cs3)cc21. The standard InChI is InChI=1S/C41H49N5O5S2/c1-39(2,3)31-22-52-38(42-31)53(49,50)43-36(47)25-12-14-29-30(19-25)45-23-40(4,37(48)46-32-16-17-41(32)33(46)21-44(41)5)20-26-18-27(51-6)13-15-28(26)35(45)34(29)24-10-8-7-9-11-24/h12-15,18-19,22,24,32-33H,7-11,16-17,20-21,23H2,1-6H3,(H,43,47). The van der Waals surface area contributed by atoms with E-state index in [-0.39, 0.29) is 38.8 Å². The second-order valence-electron chi connectivity index (χ2n) is 17.5. The summed E-state index contributed by atoms with van der Waals surface area (Å²) in [7, 11) is -0.328. The van der Waals surface area contributed by atoms with E-state index in [1.807, 2.05) is 39.0 Å².